The molecule has 0 aromatic heterocycles. The topological polar surface area (TPSA) is 203 Å². The van der Waals surface area contributed by atoms with Crippen LogP contribution in [0.5, 0.6) is 0 Å². The summed E-state index contributed by atoms with van der Waals surface area (Å²) in [6.45, 7) is 3.79. The first kappa shape index (κ1) is 39.4. The molecule has 234 valence electrons. The Morgan fingerprint density at radius 1 is 0.792 bits per heavy atom. The maximum Gasteiger partial charge on any atom is 1.00 e. The average Bonchev–Trinajstić information content (AvgIpc) is 3.02. The zero-order chi connectivity index (χ0) is 32.8. The smallest absolute Gasteiger partial charge is 0.744 e. The Hall–Kier alpha value is -3.03. The zero-order valence-electron chi connectivity index (χ0n) is 26.2. The SMILES string of the molecule is Cc1cc(N)ccc1N=Nc1ccc(N=Nc2ccc(C(=O)Nc3ccc4cc(SOO[O-])cc(S(=O)(=O)[O-])c4c3)cc2)c(C)c1.[Na+].[Na+]. The molecule has 1 amide bonds. The molecule has 5 aromatic carbocycles. The number of nitrogen functional groups attached to an aromatic ring is 1. The Labute approximate surface area is 324 Å². The number of benzene rings is 5. The summed E-state index contributed by atoms with van der Waals surface area (Å²) in [5, 5.41) is 33.7. The minimum absolute atomic E-state index is 0. The van der Waals surface area contributed by atoms with E-state index in [2.05, 4.69) is 35.1 Å². The van der Waals surface area contributed by atoms with Crippen molar-refractivity contribution in [3.8, 4) is 0 Å². The zero-order valence-corrected chi connectivity index (χ0v) is 31.8. The number of aryl methyl sites for hydroxylation is 2. The summed E-state index contributed by atoms with van der Waals surface area (Å²) in [6, 6.07) is 24.2. The normalized spacial score (nSPS) is 11.4. The maximum atomic E-state index is 12.9. The number of nitrogens with two attached hydrogens (primary N) is 1. The number of hydrogen-bond donors (Lipinski definition) is 2. The molecular formula is C31H24N6Na2O7S2. The van der Waals surface area contributed by atoms with E-state index in [1.807, 2.05) is 32.0 Å². The van der Waals surface area contributed by atoms with Gasteiger partial charge in [-0.05, 0) is 115 Å². The molecule has 0 aliphatic heterocycles. The molecule has 0 heterocycles. The first-order chi connectivity index (χ1) is 22.0. The fourth-order valence-corrected chi connectivity index (χ4v) is 5.63. The third-order valence-electron chi connectivity index (χ3n) is 6.65. The molecule has 48 heavy (non-hydrogen) atoms. The number of fused-ring (bicyclic) bond motifs is 1. The van der Waals surface area contributed by atoms with Gasteiger partial charge in [-0.3, -0.25) is 9.83 Å². The largest absolute Gasteiger partial charge is 1.00 e. The molecule has 17 heteroatoms. The molecule has 0 spiro atoms. The molecule has 0 radical (unpaired) electrons. The van der Waals surface area contributed by atoms with Gasteiger partial charge >= 0.3 is 59.1 Å². The number of amides is 1. The van der Waals surface area contributed by atoms with Crippen LogP contribution in [0.3, 0.4) is 0 Å². The molecule has 3 N–H and O–H groups in total. The van der Waals surface area contributed by atoms with Crippen molar-refractivity contribution in [1.29, 1.82) is 0 Å². The van der Waals surface area contributed by atoms with Crippen molar-refractivity contribution in [1.82, 2.24) is 0 Å². The number of hydrogen-bond acceptors (Lipinski definition) is 13. The summed E-state index contributed by atoms with van der Waals surface area (Å²) >= 11 is 0.451. The van der Waals surface area contributed by atoms with Crippen LogP contribution in [0.1, 0.15) is 21.5 Å². The Bertz CT molecular complexity index is 2120. The summed E-state index contributed by atoms with van der Waals surface area (Å²) in [5.41, 5.74) is 11.3. The summed E-state index contributed by atoms with van der Waals surface area (Å²) < 4.78 is 40.0. The van der Waals surface area contributed by atoms with Crippen LogP contribution in [0.25, 0.3) is 10.8 Å². The predicted octanol–water partition coefficient (Wildman–Crippen LogP) is 1.26. The Balaban J connectivity index is 0.00000312. The van der Waals surface area contributed by atoms with Gasteiger partial charge < -0.3 is 20.9 Å². The number of azo groups is 2. The molecule has 0 saturated carbocycles. The van der Waals surface area contributed by atoms with Crippen LogP contribution in [-0.2, 0) is 19.5 Å². The van der Waals surface area contributed by atoms with Gasteiger partial charge in [-0.25, -0.2) is 8.42 Å². The van der Waals surface area contributed by atoms with Gasteiger partial charge in [-0.1, -0.05) is 6.07 Å². The van der Waals surface area contributed by atoms with Crippen molar-refractivity contribution in [2.45, 2.75) is 23.6 Å². The molecule has 0 saturated heterocycles. The van der Waals surface area contributed by atoms with E-state index >= 15 is 0 Å². The molecule has 0 unspecified atom stereocenters. The second-order valence-corrected chi connectivity index (χ2v) is 12.1. The van der Waals surface area contributed by atoms with Crippen LogP contribution in [0.4, 0.5) is 34.1 Å². The van der Waals surface area contributed by atoms with Crippen LogP contribution in [0.2, 0.25) is 0 Å². The average molecular weight is 703 g/mol. The number of anilines is 2. The van der Waals surface area contributed by atoms with Crippen LogP contribution in [0, 0.1) is 13.8 Å². The molecule has 5 aromatic rings. The molecule has 0 atom stereocenters. The van der Waals surface area contributed by atoms with Crippen molar-refractivity contribution in [3.63, 3.8) is 0 Å². The number of nitrogens with zero attached hydrogens (tertiary/aromatic N) is 4. The van der Waals surface area contributed by atoms with Crippen molar-refractivity contribution >= 4 is 73.0 Å². The van der Waals surface area contributed by atoms with E-state index in [9.17, 15) is 23.0 Å². The van der Waals surface area contributed by atoms with Crippen LogP contribution < -0.4 is 75.4 Å². The second-order valence-electron chi connectivity index (χ2n) is 9.95. The van der Waals surface area contributed by atoms with Crippen molar-refractivity contribution in [2.24, 2.45) is 20.5 Å². The van der Waals surface area contributed by atoms with Gasteiger partial charge in [0.2, 0.25) is 0 Å². The minimum Gasteiger partial charge on any atom is -0.744 e. The van der Waals surface area contributed by atoms with Gasteiger partial charge in [0.05, 0.1) is 39.7 Å². The minimum atomic E-state index is -4.91. The van der Waals surface area contributed by atoms with Gasteiger partial charge in [0, 0.05) is 27.2 Å². The van der Waals surface area contributed by atoms with E-state index in [-0.39, 0.29) is 75.1 Å². The molecule has 0 bridgehead atoms. The van der Waals surface area contributed by atoms with Crippen LogP contribution >= 0.6 is 12.0 Å². The molecule has 0 aliphatic rings. The Morgan fingerprint density at radius 3 is 2.04 bits per heavy atom. The Morgan fingerprint density at radius 2 is 1.42 bits per heavy atom. The quantitative estimate of drug-likeness (QED) is 0.0409. The van der Waals surface area contributed by atoms with E-state index in [4.69, 9.17) is 5.73 Å². The van der Waals surface area contributed by atoms with Gasteiger partial charge in [-0.15, -0.1) is 0 Å². The summed E-state index contributed by atoms with van der Waals surface area (Å²) in [7, 11) is -4.91. The van der Waals surface area contributed by atoms with E-state index in [1.54, 1.807) is 42.5 Å². The fraction of sp³-hybridized carbons (Fsp3) is 0.0645. The summed E-state index contributed by atoms with van der Waals surface area (Å²) in [5.74, 6) is -0.475. The molecule has 0 aliphatic carbocycles. The van der Waals surface area contributed by atoms with Crippen molar-refractivity contribution < 1.29 is 91.5 Å². The monoisotopic (exact) mass is 702 g/mol. The van der Waals surface area contributed by atoms with E-state index in [0.29, 0.717) is 45.7 Å². The molecule has 13 nitrogen and oxygen atoms in total. The maximum absolute atomic E-state index is 12.9. The van der Waals surface area contributed by atoms with Gasteiger partial charge in [0.15, 0.2) is 0 Å². The van der Waals surface area contributed by atoms with Gasteiger partial charge in [0.25, 0.3) is 5.91 Å². The third kappa shape index (κ3) is 10.2. The first-order valence-corrected chi connectivity index (χ1v) is 15.5. The number of carbonyl (C=O) groups excluding carboxylic acids is 1. The summed E-state index contributed by atoms with van der Waals surface area (Å²) in [4.78, 5) is 12.5. The third-order valence-corrected chi connectivity index (χ3v) is 8.08. The molecular weight excluding hydrogens is 678 g/mol. The van der Waals surface area contributed by atoms with Crippen LogP contribution in [-0.4, -0.2) is 18.9 Å². The molecule has 5 rings (SSSR count). The fourth-order valence-electron chi connectivity index (χ4n) is 4.39. The molecule has 0 fully saturated rings. The van der Waals surface area contributed by atoms with E-state index in [0.717, 1.165) is 22.9 Å². The van der Waals surface area contributed by atoms with Crippen molar-refractivity contribution in [2.75, 3.05) is 11.1 Å². The van der Waals surface area contributed by atoms with E-state index < -0.39 is 20.9 Å². The predicted molar refractivity (Wildman–Crippen MR) is 169 cm³/mol. The van der Waals surface area contributed by atoms with E-state index in [1.165, 1.54) is 24.3 Å². The summed E-state index contributed by atoms with van der Waals surface area (Å²) in [6.07, 6.45) is 0. The number of nitrogens with one attached hydrogen (secondary N) is 1. The second kappa shape index (κ2) is 17.6. The van der Waals surface area contributed by atoms with Gasteiger partial charge in [0.1, 0.15) is 10.1 Å². The standard InChI is InChI=1S/C31H26N6O7S2.2Na/c1-18-13-22(32)6-11-28(18)37-35-25-10-12-29(19(2)14-25)36-34-23-7-3-20(4-8-23)31(38)33-24-9-5-21-15-26(45-44-43-39)17-30(27(21)16-24)46(40,41)42;;/h3-17,39H,32H2,1-2H3,(H,33,38)(H,40,41,42);;/q;2*+1/p-2. The first-order valence-electron chi connectivity index (χ1n) is 13.4. The van der Waals surface area contributed by atoms with Crippen molar-refractivity contribution in [3.05, 3.63) is 108 Å². The van der Waals surface area contributed by atoms with Crippen LogP contribution in [0.15, 0.2) is 121 Å². The van der Waals surface area contributed by atoms with Gasteiger partial charge in [-0.2, -0.15) is 24.8 Å². The number of rotatable bonds is 10. The Kier molecular flexibility index (Phi) is 14.4. The number of carbonyl (C=O) groups is 1.